The van der Waals surface area contributed by atoms with Crippen LogP contribution in [0.5, 0.6) is 0 Å². The van der Waals surface area contributed by atoms with Crippen molar-refractivity contribution < 1.29 is 4.74 Å². The Morgan fingerprint density at radius 3 is 2.73 bits per heavy atom. The van der Waals surface area contributed by atoms with Gasteiger partial charge in [0.2, 0.25) is 0 Å². The molecule has 1 aromatic rings. The molecule has 1 aromatic carbocycles. The molecule has 0 amide bonds. The zero-order valence-electron chi connectivity index (χ0n) is 14.1. The molecule has 2 aliphatic rings. The Kier molecular flexibility index (Phi) is 4.83. The van der Waals surface area contributed by atoms with Crippen LogP contribution in [0.2, 0.25) is 0 Å². The molecule has 3 rings (SSSR count). The number of allylic oxidation sites excluding steroid dienone is 3. The molecule has 1 heteroatoms. The fraction of sp³-hybridized carbons (Fsp3) is 0.524. The minimum atomic E-state index is 0.253. The molecule has 1 aliphatic carbocycles. The molecule has 1 saturated carbocycles. The van der Waals surface area contributed by atoms with Gasteiger partial charge in [-0.1, -0.05) is 60.6 Å². The molecule has 22 heavy (non-hydrogen) atoms. The van der Waals surface area contributed by atoms with Gasteiger partial charge < -0.3 is 4.74 Å². The van der Waals surface area contributed by atoms with Gasteiger partial charge >= 0.3 is 0 Å². The first-order valence-corrected chi connectivity index (χ1v) is 8.64. The number of benzene rings is 1. The van der Waals surface area contributed by atoms with E-state index in [-0.39, 0.29) is 6.10 Å². The Labute approximate surface area is 135 Å². The molecular formula is C21H28O. The zero-order chi connectivity index (χ0) is 15.5. The van der Waals surface area contributed by atoms with Gasteiger partial charge in [-0.3, -0.25) is 0 Å². The Morgan fingerprint density at radius 1 is 1.23 bits per heavy atom. The zero-order valence-corrected chi connectivity index (χ0v) is 14.1. The third-order valence-corrected chi connectivity index (χ3v) is 5.28. The molecule has 0 unspecified atom stereocenters. The van der Waals surface area contributed by atoms with E-state index in [4.69, 9.17) is 4.74 Å². The van der Waals surface area contributed by atoms with Crippen molar-refractivity contribution >= 4 is 0 Å². The molecule has 0 N–H and O–H groups in total. The highest BCUT2D eigenvalue weighted by Gasteiger charge is 2.40. The maximum atomic E-state index is 6.30. The third kappa shape index (κ3) is 3.35. The van der Waals surface area contributed by atoms with Crippen LogP contribution >= 0.6 is 0 Å². The molecule has 1 aliphatic heterocycles. The van der Waals surface area contributed by atoms with Gasteiger partial charge in [0.25, 0.3) is 0 Å². The second-order valence-corrected chi connectivity index (χ2v) is 7.24. The standard InChI is InChI=1S/C21H28O/c1-15(2)8-7-11-18-12-16(3)19-13-20(18)21(22-14-19)17-9-5-4-6-10-17/h4-6,8-11,16,19-21H,7,12-14H2,1-3H3/t16-,19+,20-,21+/m0/s1. The summed E-state index contributed by atoms with van der Waals surface area (Å²) in [4.78, 5) is 0. The third-order valence-electron chi connectivity index (χ3n) is 5.28. The SMILES string of the molecule is CC(C)=CCC=C1C[C@H](C)[C@H]2CO[C@H](c3ccccc3)[C@H]1C2. The highest BCUT2D eigenvalue weighted by molar-refractivity contribution is 5.25. The summed E-state index contributed by atoms with van der Waals surface area (Å²) < 4.78 is 6.30. The van der Waals surface area contributed by atoms with Crippen LogP contribution in [0.3, 0.4) is 0 Å². The van der Waals surface area contributed by atoms with E-state index in [9.17, 15) is 0 Å². The first-order valence-electron chi connectivity index (χ1n) is 8.64. The lowest BCUT2D eigenvalue weighted by atomic mass is 9.67. The lowest BCUT2D eigenvalue weighted by Gasteiger charge is -2.45. The molecule has 2 bridgehead atoms. The van der Waals surface area contributed by atoms with Crippen molar-refractivity contribution in [2.45, 2.75) is 46.1 Å². The van der Waals surface area contributed by atoms with Crippen LogP contribution in [0.1, 0.15) is 51.7 Å². The summed E-state index contributed by atoms with van der Waals surface area (Å²) in [5.41, 5.74) is 4.36. The first-order chi connectivity index (χ1) is 10.6. The van der Waals surface area contributed by atoms with Crippen LogP contribution in [0, 0.1) is 17.8 Å². The molecule has 2 fully saturated rings. The fourth-order valence-corrected chi connectivity index (χ4v) is 3.95. The van der Waals surface area contributed by atoms with Crippen molar-refractivity contribution in [1.82, 2.24) is 0 Å². The molecule has 4 atom stereocenters. The van der Waals surface area contributed by atoms with Gasteiger partial charge in [-0.15, -0.1) is 0 Å². The summed E-state index contributed by atoms with van der Waals surface area (Å²) in [7, 11) is 0. The van der Waals surface area contributed by atoms with Crippen LogP contribution in [0.4, 0.5) is 0 Å². The smallest absolute Gasteiger partial charge is 0.0890 e. The van der Waals surface area contributed by atoms with E-state index < -0.39 is 0 Å². The van der Waals surface area contributed by atoms with Gasteiger partial charge in [0.15, 0.2) is 0 Å². The lowest BCUT2D eigenvalue weighted by molar-refractivity contribution is -0.0746. The Hall–Kier alpha value is -1.34. The maximum absolute atomic E-state index is 6.30. The monoisotopic (exact) mass is 296 g/mol. The van der Waals surface area contributed by atoms with Gasteiger partial charge in [-0.05, 0) is 50.5 Å². The van der Waals surface area contributed by atoms with E-state index in [2.05, 4.69) is 63.3 Å². The Bertz CT molecular complexity index is 551. The fourth-order valence-electron chi connectivity index (χ4n) is 3.95. The normalized spacial score (nSPS) is 32.8. The predicted molar refractivity (Wildman–Crippen MR) is 92.6 cm³/mol. The number of rotatable bonds is 3. The average Bonchev–Trinajstić information content (AvgIpc) is 2.53. The van der Waals surface area contributed by atoms with Crippen LogP contribution in [-0.4, -0.2) is 6.61 Å². The summed E-state index contributed by atoms with van der Waals surface area (Å²) in [6.45, 7) is 7.67. The first kappa shape index (κ1) is 15.6. The van der Waals surface area contributed by atoms with Crippen LogP contribution in [-0.2, 0) is 4.74 Å². The van der Waals surface area contributed by atoms with Crippen molar-refractivity contribution in [3.63, 3.8) is 0 Å². The molecule has 1 nitrogen and oxygen atoms in total. The van der Waals surface area contributed by atoms with E-state index in [0.717, 1.165) is 24.9 Å². The summed E-state index contributed by atoms with van der Waals surface area (Å²) in [5, 5.41) is 0. The van der Waals surface area contributed by atoms with E-state index in [1.165, 1.54) is 24.0 Å². The second-order valence-electron chi connectivity index (χ2n) is 7.24. The summed E-state index contributed by atoms with van der Waals surface area (Å²) in [6, 6.07) is 10.8. The second kappa shape index (κ2) is 6.83. The van der Waals surface area contributed by atoms with E-state index in [1.54, 1.807) is 5.57 Å². The van der Waals surface area contributed by atoms with Gasteiger partial charge in [-0.25, -0.2) is 0 Å². The van der Waals surface area contributed by atoms with Gasteiger partial charge in [0.05, 0.1) is 12.7 Å². The minimum absolute atomic E-state index is 0.253. The molecule has 118 valence electrons. The number of ether oxygens (including phenoxy) is 1. The molecule has 0 radical (unpaired) electrons. The molecule has 1 heterocycles. The number of hydrogen-bond acceptors (Lipinski definition) is 1. The van der Waals surface area contributed by atoms with Crippen LogP contribution in [0.15, 0.2) is 53.6 Å². The quantitative estimate of drug-likeness (QED) is 0.650. The average molecular weight is 296 g/mol. The number of hydrogen-bond donors (Lipinski definition) is 0. The van der Waals surface area contributed by atoms with Crippen molar-refractivity contribution in [1.29, 1.82) is 0 Å². The Morgan fingerprint density at radius 2 is 2.00 bits per heavy atom. The van der Waals surface area contributed by atoms with E-state index in [0.29, 0.717) is 5.92 Å². The van der Waals surface area contributed by atoms with E-state index in [1.807, 2.05) is 0 Å². The summed E-state index contributed by atoms with van der Waals surface area (Å²) >= 11 is 0. The van der Waals surface area contributed by atoms with Crippen molar-refractivity contribution in [3.8, 4) is 0 Å². The van der Waals surface area contributed by atoms with Crippen molar-refractivity contribution in [2.75, 3.05) is 6.61 Å². The Balaban J connectivity index is 1.84. The molecule has 0 spiro atoms. The lowest BCUT2D eigenvalue weighted by Crippen LogP contribution is -2.38. The highest BCUT2D eigenvalue weighted by Crippen LogP contribution is 2.48. The predicted octanol–water partition coefficient (Wildman–Crippen LogP) is 5.70. The number of fused-ring (bicyclic) bond motifs is 2. The largest absolute Gasteiger partial charge is 0.373 e. The van der Waals surface area contributed by atoms with Crippen molar-refractivity contribution in [3.05, 3.63) is 59.2 Å². The van der Waals surface area contributed by atoms with E-state index >= 15 is 0 Å². The minimum Gasteiger partial charge on any atom is -0.373 e. The van der Waals surface area contributed by atoms with Gasteiger partial charge in [-0.2, -0.15) is 0 Å². The van der Waals surface area contributed by atoms with Gasteiger partial charge in [0, 0.05) is 5.92 Å². The van der Waals surface area contributed by atoms with Crippen LogP contribution < -0.4 is 0 Å². The van der Waals surface area contributed by atoms with Crippen molar-refractivity contribution in [2.24, 2.45) is 17.8 Å². The molecule has 0 aromatic heterocycles. The van der Waals surface area contributed by atoms with Crippen LogP contribution in [0.25, 0.3) is 0 Å². The summed E-state index contributed by atoms with van der Waals surface area (Å²) in [5.74, 6) is 2.07. The van der Waals surface area contributed by atoms with Gasteiger partial charge in [0.1, 0.15) is 0 Å². The molecule has 1 saturated heterocycles. The maximum Gasteiger partial charge on any atom is 0.0890 e. The topological polar surface area (TPSA) is 9.23 Å². The summed E-state index contributed by atoms with van der Waals surface area (Å²) in [6.07, 6.45) is 8.65. The highest BCUT2D eigenvalue weighted by atomic mass is 16.5. The molecular weight excluding hydrogens is 268 g/mol.